The second-order valence-corrected chi connectivity index (χ2v) is 9.42. The van der Waals surface area contributed by atoms with Crippen LogP contribution in [0.5, 0.6) is 40.2 Å². The van der Waals surface area contributed by atoms with E-state index >= 15 is 0 Å². The minimum Gasteiger partial charge on any atom is -0.493 e. The van der Waals surface area contributed by atoms with Gasteiger partial charge in [-0.3, -0.25) is 4.79 Å². The highest BCUT2D eigenvalue weighted by atomic mass is 79.9. The van der Waals surface area contributed by atoms with Gasteiger partial charge in [0.05, 0.1) is 65.0 Å². The first-order valence-electron chi connectivity index (χ1n) is 12.1. The molecule has 0 atom stereocenters. The van der Waals surface area contributed by atoms with Crippen molar-refractivity contribution in [2.75, 3.05) is 55.1 Å². The van der Waals surface area contributed by atoms with Crippen LogP contribution >= 0.6 is 27.5 Å². The van der Waals surface area contributed by atoms with Gasteiger partial charge in [-0.1, -0.05) is 23.8 Å². The van der Waals surface area contributed by atoms with Crippen LogP contribution < -0.4 is 38.5 Å². The molecular formula is C30H31BrClNO8. The third-order valence-corrected chi connectivity index (χ3v) is 7.00. The number of rotatable bonds is 13. The van der Waals surface area contributed by atoms with Gasteiger partial charge in [-0.15, -0.1) is 0 Å². The predicted molar refractivity (Wildman–Crippen MR) is 164 cm³/mol. The molecule has 11 heteroatoms. The molecule has 3 aromatic rings. The Labute approximate surface area is 252 Å². The molecule has 0 amide bonds. The minimum atomic E-state index is -0.313. The number of methoxy groups -OCH3 is 7. The molecule has 0 aliphatic rings. The molecule has 0 unspecified atom stereocenters. The van der Waals surface area contributed by atoms with Crippen molar-refractivity contribution < 1.29 is 38.0 Å². The van der Waals surface area contributed by atoms with Crippen LogP contribution in [0, 0.1) is 0 Å². The van der Waals surface area contributed by atoms with Crippen molar-refractivity contribution in [3.63, 3.8) is 0 Å². The van der Waals surface area contributed by atoms with Crippen molar-refractivity contribution in [1.82, 2.24) is 0 Å². The van der Waals surface area contributed by atoms with Crippen molar-refractivity contribution >= 4 is 51.2 Å². The van der Waals surface area contributed by atoms with Crippen molar-refractivity contribution in [3.8, 4) is 40.2 Å². The summed E-state index contributed by atoms with van der Waals surface area (Å²) < 4.78 is 38.4. The van der Waals surface area contributed by atoms with Crippen molar-refractivity contribution in [2.24, 2.45) is 0 Å². The van der Waals surface area contributed by atoms with E-state index in [0.29, 0.717) is 61.0 Å². The Kier molecular flexibility index (Phi) is 11.2. The molecular weight excluding hydrogens is 618 g/mol. The van der Waals surface area contributed by atoms with Gasteiger partial charge in [-0.05, 0) is 57.4 Å². The minimum absolute atomic E-state index is 0.313. The molecule has 0 aromatic heterocycles. The van der Waals surface area contributed by atoms with E-state index in [-0.39, 0.29) is 5.78 Å². The highest BCUT2D eigenvalue weighted by Crippen LogP contribution is 2.45. The van der Waals surface area contributed by atoms with Gasteiger partial charge in [0.25, 0.3) is 0 Å². The third kappa shape index (κ3) is 7.01. The number of ketones is 1. The highest BCUT2D eigenvalue weighted by Gasteiger charge is 2.22. The summed E-state index contributed by atoms with van der Waals surface area (Å²) in [5, 5.41) is 3.47. The second-order valence-electron chi connectivity index (χ2n) is 8.22. The number of nitrogens with one attached hydrogen (secondary N) is 1. The Morgan fingerprint density at radius 2 is 1.20 bits per heavy atom. The number of anilines is 1. The molecule has 0 heterocycles. The Morgan fingerprint density at radius 1 is 0.683 bits per heavy atom. The first-order chi connectivity index (χ1) is 19.8. The van der Waals surface area contributed by atoms with Crippen LogP contribution in [-0.2, 0) is 0 Å². The van der Waals surface area contributed by atoms with Gasteiger partial charge in [-0.25, -0.2) is 0 Å². The lowest BCUT2D eigenvalue weighted by atomic mass is 10.1. The molecule has 1 N–H and O–H groups in total. The van der Waals surface area contributed by atoms with Gasteiger partial charge in [0.2, 0.25) is 11.5 Å². The van der Waals surface area contributed by atoms with Crippen molar-refractivity contribution in [1.29, 1.82) is 0 Å². The molecule has 41 heavy (non-hydrogen) atoms. The number of carbonyl (C=O) groups is 1. The van der Waals surface area contributed by atoms with E-state index in [4.69, 9.17) is 44.8 Å². The number of hydrogen-bond donors (Lipinski definition) is 1. The quantitative estimate of drug-likeness (QED) is 0.118. The monoisotopic (exact) mass is 647 g/mol. The van der Waals surface area contributed by atoms with Crippen LogP contribution in [0.3, 0.4) is 0 Å². The normalized spacial score (nSPS) is 11.0. The maximum Gasteiger partial charge on any atom is 0.204 e. The van der Waals surface area contributed by atoms with Gasteiger partial charge in [0.1, 0.15) is 0 Å². The van der Waals surface area contributed by atoms with Gasteiger partial charge in [0.15, 0.2) is 34.5 Å². The zero-order valence-electron chi connectivity index (χ0n) is 23.7. The largest absolute Gasteiger partial charge is 0.493 e. The van der Waals surface area contributed by atoms with Crippen LogP contribution in [0.15, 0.2) is 47.1 Å². The van der Waals surface area contributed by atoms with E-state index in [1.54, 1.807) is 33.5 Å². The zero-order chi connectivity index (χ0) is 30.1. The average Bonchev–Trinajstić information content (AvgIpc) is 2.98. The maximum atomic E-state index is 13.1. The molecule has 3 aromatic carbocycles. The van der Waals surface area contributed by atoms with Gasteiger partial charge < -0.3 is 38.5 Å². The lowest BCUT2D eigenvalue weighted by Gasteiger charge is -2.15. The average molecular weight is 649 g/mol. The van der Waals surface area contributed by atoms with E-state index in [1.165, 1.54) is 40.7 Å². The molecule has 0 saturated heterocycles. The molecule has 0 aliphatic heterocycles. The summed E-state index contributed by atoms with van der Waals surface area (Å²) in [6.45, 7) is 0. The van der Waals surface area contributed by atoms with Crippen LogP contribution in [0.2, 0.25) is 5.02 Å². The number of carbonyl (C=O) groups excluding carboxylic acids is 1. The zero-order valence-corrected chi connectivity index (χ0v) is 26.1. The summed E-state index contributed by atoms with van der Waals surface area (Å²) >= 11 is 9.95. The van der Waals surface area contributed by atoms with E-state index in [2.05, 4.69) is 21.2 Å². The topological polar surface area (TPSA) is 93.7 Å². The summed E-state index contributed by atoms with van der Waals surface area (Å²) in [5.41, 5.74) is 2.48. The Balaban J connectivity index is 1.90. The SMILES string of the molecule is COc1cc(/C=C\c2cc(Cl)c(OC)c(N/C=C\C(=O)c3cc(OC)c(OC)c(OC)c3Br)c2)cc(OC)c1OC. The Morgan fingerprint density at radius 3 is 1.71 bits per heavy atom. The fourth-order valence-electron chi connectivity index (χ4n) is 4.01. The van der Waals surface area contributed by atoms with Crippen LogP contribution in [-0.4, -0.2) is 55.6 Å². The summed E-state index contributed by atoms with van der Waals surface area (Å²) in [6, 6.07) is 8.84. The standard InChI is InChI=1S/C30H31BrClNO8/c1-35-23-14-18(15-24(36-2)28(23)39-5)9-8-17-12-20(32)27(38-4)21(13-17)33-11-10-22(34)19-16-25(37-3)29(40-6)30(41-7)26(19)31/h8-16,33H,1-7H3/b9-8-,11-10-. The summed E-state index contributed by atoms with van der Waals surface area (Å²) in [4.78, 5) is 13.1. The molecule has 0 spiro atoms. The molecule has 0 bridgehead atoms. The molecule has 3 rings (SSSR count). The van der Waals surface area contributed by atoms with Crippen LogP contribution in [0.1, 0.15) is 21.5 Å². The number of halogens is 2. The molecule has 218 valence electrons. The highest BCUT2D eigenvalue weighted by molar-refractivity contribution is 9.10. The molecule has 0 aliphatic carbocycles. The number of benzene rings is 3. The molecule has 0 radical (unpaired) electrons. The Hall–Kier alpha value is -4.02. The lowest BCUT2D eigenvalue weighted by Crippen LogP contribution is -2.03. The molecule has 9 nitrogen and oxygen atoms in total. The number of ether oxygens (including phenoxy) is 7. The van der Waals surface area contributed by atoms with E-state index < -0.39 is 0 Å². The number of allylic oxidation sites excluding steroid dienone is 1. The van der Waals surface area contributed by atoms with Gasteiger partial charge in [0, 0.05) is 17.8 Å². The maximum absolute atomic E-state index is 13.1. The van der Waals surface area contributed by atoms with Crippen molar-refractivity contribution in [2.45, 2.75) is 0 Å². The number of hydrogen-bond acceptors (Lipinski definition) is 9. The fourth-order valence-corrected chi connectivity index (χ4v) is 4.97. The smallest absolute Gasteiger partial charge is 0.204 e. The van der Waals surface area contributed by atoms with Crippen LogP contribution in [0.25, 0.3) is 12.2 Å². The van der Waals surface area contributed by atoms with Crippen molar-refractivity contribution in [3.05, 3.63) is 68.8 Å². The van der Waals surface area contributed by atoms with E-state index in [9.17, 15) is 4.79 Å². The van der Waals surface area contributed by atoms with E-state index in [0.717, 1.165) is 11.1 Å². The second kappa shape index (κ2) is 14.6. The lowest BCUT2D eigenvalue weighted by molar-refractivity contribution is 0.104. The van der Waals surface area contributed by atoms with E-state index in [1.807, 2.05) is 30.4 Å². The first-order valence-corrected chi connectivity index (χ1v) is 13.2. The summed E-state index contributed by atoms with van der Waals surface area (Å²) in [6.07, 6.45) is 6.63. The predicted octanol–water partition coefficient (Wildman–Crippen LogP) is 7.14. The molecule has 0 saturated carbocycles. The first kappa shape index (κ1) is 31.5. The van der Waals surface area contributed by atoms with Crippen LogP contribution in [0.4, 0.5) is 5.69 Å². The fraction of sp³-hybridized carbons (Fsp3) is 0.233. The third-order valence-electron chi connectivity index (χ3n) is 5.93. The summed E-state index contributed by atoms with van der Waals surface area (Å²) in [5.74, 6) is 2.76. The molecule has 0 fully saturated rings. The Bertz CT molecular complexity index is 1450. The summed E-state index contributed by atoms with van der Waals surface area (Å²) in [7, 11) is 10.6. The van der Waals surface area contributed by atoms with Gasteiger partial charge >= 0.3 is 0 Å². The van der Waals surface area contributed by atoms with Gasteiger partial charge in [-0.2, -0.15) is 0 Å².